The Morgan fingerprint density at radius 2 is 1.96 bits per heavy atom. The zero-order chi connectivity index (χ0) is 17.6. The van der Waals surface area contributed by atoms with Crippen LogP contribution in [0.3, 0.4) is 0 Å². The van der Waals surface area contributed by atoms with Crippen molar-refractivity contribution in [3.8, 4) is 10.4 Å². The SMILES string of the molecule is COC(=O)c1sc(-c2ccccc2)cc1NCC(=O)N1CCOCC1. The van der Waals surface area contributed by atoms with Crippen LogP contribution in [0, 0.1) is 0 Å². The molecule has 0 unspecified atom stereocenters. The molecular weight excluding hydrogens is 340 g/mol. The summed E-state index contributed by atoms with van der Waals surface area (Å²) in [6.07, 6.45) is 0. The molecule has 0 radical (unpaired) electrons. The van der Waals surface area contributed by atoms with Gasteiger partial charge in [-0.05, 0) is 11.6 Å². The van der Waals surface area contributed by atoms with Crippen LogP contribution in [0.2, 0.25) is 0 Å². The van der Waals surface area contributed by atoms with E-state index in [-0.39, 0.29) is 12.5 Å². The second-order valence-electron chi connectivity index (χ2n) is 5.56. The largest absolute Gasteiger partial charge is 0.465 e. The highest BCUT2D eigenvalue weighted by Gasteiger charge is 2.20. The summed E-state index contributed by atoms with van der Waals surface area (Å²) >= 11 is 1.35. The Morgan fingerprint density at radius 3 is 2.64 bits per heavy atom. The van der Waals surface area contributed by atoms with Crippen LogP contribution in [-0.2, 0) is 14.3 Å². The summed E-state index contributed by atoms with van der Waals surface area (Å²) in [6, 6.07) is 11.7. The summed E-state index contributed by atoms with van der Waals surface area (Å²) in [7, 11) is 1.35. The van der Waals surface area contributed by atoms with Gasteiger partial charge in [0.05, 0.1) is 32.6 Å². The van der Waals surface area contributed by atoms with Crippen LogP contribution in [0.1, 0.15) is 9.67 Å². The molecule has 0 saturated carbocycles. The number of hydrogen-bond donors (Lipinski definition) is 1. The van der Waals surface area contributed by atoms with Crippen LogP contribution < -0.4 is 5.32 Å². The molecular formula is C18H20N2O4S. The molecule has 2 aromatic rings. The first-order valence-electron chi connectivity index (χ1n) is 8.06. The number of nitrogens with zero attached hydrogens (tertiary/aromatic N) is 1. The minimum absolute atomic E-state index is 0.00780. The number of amides is 1. The number of thiophene rings is 1. The maximum Gasteiger partial charge on any atom is 0.350 e. The van der Waals surface area contributed by atoms with Gasteiger partial charge in [0.1, 0.15) is 4.88 Å². The number of methoxy groups -OCH3 is 1. The van der Waals surface area contributed by atoms with Crippen molar-refractivity contribution in [2.75, 3.05) is 45.3 Å². The van der Waals surface area contributed by atoms with Gasteiger partial charge in [-0.1, -0.05) is 30.3 Å². The molecule has 1 amide bonds. The van der Waals surface area contributed by atoms with Crippen molar-refractivity contribution >= 4 is 28.9 Å². The van der Waals surface area contributed by atoms with Gasteiger partial charge in [-0.25, -0.2) is 4.79 Å². The minimum Gasteiger partial charge on any atom is -0.465 e. The van der Waals surface area contributed by atoms with E-state index in [0.717, 1.165) is 10.4 Å². The van der Waals surface area contributed by atoms with E-state index in [2.05, 4.69) is 5.32 Å². The Morgan fingerprint density at radius 1 is 1.24 bits per heavy atom. The number of esters is 1. The smallest absolute Gasteiger partial charge is 0.350 e. The number of nitrogens with one attached hydrogen (secondary N) is 1. The van der Waals surface area contributed by atoms with Crippen molar-refractivity contribution in [1.29, 1.82) is 0 Å². The van der Waals surface area contributed by atoms with Crippen LogP contribution in [0.5, 0.6) is 0 Å². The zero-order valence-electron chi connectivity index (χ0n) is 14.0. The highest BCUT2D eigenvalue weighted by Crippen LogP contribution is 2.35. The van der Waals surface area contributed by atoms with Gasteiger partial charge >= 0.3 is 5.97 Å². The molecule has 2 heterocycles. The first-order chi connectivity index (χ1) is 12.2. The van der Waals surface area contributed by atoms with Crippen molar-refractivity contribution in [1.82, 2.24) is 4.90 Å². The van der Waals surface area contributed by atoms with Crippen LogP contribution in [0.25, 0.3) is 10.4 Å². The van der Waals surface area contributed by atoms with E-state index in [1.165, 1.54) is 18.4 Å². The first kappa shape index (κ1) is 17.4. The monoisotopic (exact) mass is 360 g/mol. The fourth-order valence-electron chi connectivity index (χ4n) is 2.61. The highest BCUT2D eigenvalue weighted by atomic mass is 32.1. The maximum atomic E-state index is 12.3. The average molecular weight is 360 g/mol. The van der Waals surface area contributed by atoms with Crippen LogP contribution in [0.15, 0.2) is 36.4 Å². The Bertz CT molecular complexity index is 739. The van der Waals surface area contributed by atoms with Gasteiger partial charge < -0.3 is 19.7 Å². The fraction of sp³-hybridized carbons (Fsp3) is 0.333. The standard InChI is InChI=1S/C18H20N2O4S/c1-23-18(22)17-14(11-15(25-17)13-5-3-2-4-6-13)19-12-16(21)20-7-9-24-10-8-20/h2-6,11,19H,7-10,12H2,1H3. The van der Waals surface area contributed by atoms with E-state index < -0.39 is 5.97 Å². The Labute approximate surface area is 150 Å². The van der Waals surface area contributed by atoms with Crippen molar-refractivity contribution in [2.24, 2.45) is 0 Å². The van der Waals surface area contributed by atoms with Gasteiger partial charge in [0.15, 0.2) is 0 Å². The predicted octanol–water partition coefficient (Wildman–Crippen LogP) is 2.47. The number of benzene rings is 1. The van der Waals surface area contributed by atoms with Crippen LogP contribution >= 0.6 is 11.3 Å². The molecule has 0 bridgehead atoms. The second kappa shape index (κ2) is 8.13. The van der Waals surface area contributed by atoms with Gasteiger partial charge in [0.25, 0.3) is 0 Å². The van der Waals surface area contributed by atoms with Gasteiger partial charge in [0.2, 0.25) is 5.91 Å². The number of carbonyl (C=O) groups excluding carboxylic acids is 2. The fourth-order valence-corrected chi connectivity index (χ4v) is 3.67. The predicted molar refractivity (Wildman–Crippen MR) is 97.0 cm³/mol. The third-order valence-electron chi connectivity index (χ3n) is 3.96. The number of hydrogen-bond acceptors (Lipinski definition) is 6. The quantitative estimate of drug-likeness (QED) is 0.830. The summed E-state index contributed by atoms with van der Waals surface area (Å²) in [5.41, 5.74) is 1.64. The van der Waals surface area contributed by atoms with Crippen LogP contribution in [0.4, 0.5) is 5.69 Å². The molecule has 0 aliphatic carbocycles. The van der Waals surface area contributed by atoms with Crippen molar-refractivity contribution in [3.63, 3.8) is 0 Å². The van der Waals surface area contributed by atoms with Crippen molar-refractivity contribution in [2.45, 2.75) is 0 Å². The molecule has 1 saturated heterocycles. The molecule has 3 rings (SSSR count). The molecule has 1 aliphatic rings. The normalized spacial score (nSPS) is 14.2. The number of morpholine rings is 1. The van der Waals surface area contributed by atoms with E-state index in [0.29, 0.717) is 36.9 Å². The molecule has 1 aliphatic heterocycles. The first-order valence-corrected chi connectivity index (χ1v) is 8.87. The molecule has 1 aromatic heterocycles. The van der Waals surface area contributed by atoms with Gasteiger partial charge in [-0.2, -0.15) is 0 Å². The molecule has 1 fully saturated rings. The third kappa shape index (κ3) is 4.18. The summed E-state index contributed by atoms with van der Waals surface area (Å²) in [4.78, 5) is 27.5. The van der Waals surface area contributed by atoms with E-state index in [1.54, 1.807) is 4.90 Å². The Balaban J connectivity index is 1.76. The van der Waals surface area contributed by atoms with E-state index in [4.69, 9.17) is 9.47 Å². The lowest BCUT2D eigenvalue weighted by Crippen LogP contribution is -2.43. The maximum absolute atomic E-state index is 12.3. The van der Waals surface area contributed by atoms with Crippen molar-refractivity contribution in [3.05, 3.63) is 41.3 Å². The summed E-state index contributed by atoms with van der Waals surface area (Å²) in [5.74, 6) is -0.417. The highest BCUT2D eigenvalue weighted by molar-refractivity contribution is 7.18. The summed E-state index contributed by atoms with van der Waals surface area (Å²) < 4.78 is 10.1. The van der Waals surface area contributed by atoms with Gasteiger partial charge in [-0.3, -0.25) is 4.79 Å². The molecule has 1 N–H and O–H groups in total. The molecule has 7 heteroatoms. The second-order valence-corrected chi connectivity index (χ2v) is 6.61. The molecule has 6 nitrogen and oxygen atoms in total. The number of anilines is 1. The molecule has 1 aromatic carbocycles. The lowest BCUT2D eigenvalue weighted by Gasteiger charge is -2.27. The van der Waals surface area contributed by atoms with Crippen molar-refractivity contribution < 1.29 is 19.1 Å². The molecule has 0 atom stereocenters. The summed E-state index contributed by atoms with van der Waals surface area (Å²) in [6.45, 7) is 2.47. The average Bonchev–Trinajstić information content (AvgIpc) is 3.11. The van der Waals surface area contributed by atoms with E-state index in [9.17, 15) is 9.59 Å². The van der Waals surface area contributed by atoms with Crippen LogP contribution in [-0.4, -0.2) is 56.7 Å². The lowest BCUT2D eigenvalue weighted by molar-refractivity contribution is -0.133. The minimum atomic E-state index is -0.409. The molecule has 25 heavy (non-hydrogen) atoms. The number of ether oxygens (including phenoxy) is 2. The zero-order valence-corrected chi connectivity index (χ0v) is 14.8. The van der Waals surface area contributed by atoms with Gasteiger partial charge in [0, 0.05) is 18.0 Å². The summed E-state index contributed by atoms with van der Waals surface area (Å²) in [5, 5.41) is 3.09. The molecule has 0 spiro atoms. The topological polar surface area (TPSA) is 67.9 Å². The van der Waals surface area contributed by atoms with Gasteiger partial charge in [-0.15, -0.1) is 11.3 Å². The Kier molecular flexibility index (Phi) is 5.67. The van der Waals surface area contributed by atoms with E-state index >= 15 is 0 Å². The van der Waals surface area contributed by atoms with E-state index in [1.807, 2.05) is 36.4 Å². The lowest BCUT2D eigenvalue weighted by atomic mass is 10.2. The number of rotatable bonds is 5. The number of carbonyl (C=O) groups is 2. The third-order valence-corrected chi connectivity index (χ3v) is 5.12. The Hall–Kier alpha value is -2.38. The molecule has 132 valence electrons.